The lowest BCUT2D eigenvalue weighted by atomic mass is 10.2. The SMILES string of the molecule is COc1cccc(CN(C)C(=O)CSc2nc3ccccc3c(=O)n2-c2cccc(Cl)c2C)c1. The van der Waals surface area contributed by atoms with Crippen molar-refractivity contribution in [3.8, 4) is 11.4 Å². The van der Waals surface area contributed by atoms with E-state index < -0.39 is 0 Å². The van der Waals surface area contributed by atoms with Crippen LogP contribution in [0.5, 0.6) is 5.75 Å². The van der Waals surface area contributed by atoms with Gasteiger partial charge in [-0.25, -0.2) is 4.98 Å². The molecular formula is C26H24ClN3O3S. The molecule has 1 amide bonds. The molecule has 1 heterocycles. The summed E-state index contributed by atoms with van der Waals surface area (Å²) in [4.78, 5) is 32.7. The molecule has 0 N–H and O–H groups in total. The largest absolute Gasteiger partial charge is 0.497 e. The van der Waals surface area contributed by atoms with Gasteiger partial charge in [0.05, 0.1) is 29.5 Å². The predicted molar refractivity (Wildman–Crippen MR) is 137 cm³/mol. The number of carbonyl (C=O) groups excluding carboxylic acids is 1. The number of para-hydroxylation sites is 1. The fraction of sp³-hybridized carbons (Fsp3) is 0.192. The van der Waals surface area contributed by atoms with Gasteiger partial charge in [-0.15, -0.1) is 0 Å². The van der Waals surface area contributed by atoms with Gasteiger partial charge in [-0.1, -0.05) is 53.7 Å². The van der Waals surface area contributed by atoms with Gasteiger partial charge in [0.1, 0.15) is 5.75 Å². The minimum atomic E-state index is -0.198. The van der Waals surface area contributed by atoms with E-state index in [9.17, 15) is 9.59 Å². The quantitative estimate of drug-likeness (QED) is 0.264. The van der Waals surface area contributed by atoms with Crippen LogP contribution in [0.1, 0.15) is 11.1 Å². The van der Waals surface area contributed by atoms with Crippen LogP contribution in [-0.4, -0.2) is 40.3 Å². The number of hydrogen-bond acceptors (Lipinski definition) is 5. The average molecular weight is 494 g/mol. The normalized spacial score (nSPS) is 10.9. The summed E-state index contributed by atoms with van der Waals surface area (Å²) in [6, 6.07) is 20.2. The third-order valence-electron chi connectivity index (χ3n) is 5.53. The van der Waals surface area contributed by atoms with Crippen molar-refractivity contribution in [2.24, 2.45) is 0 Å². The lowest BCUT2D eigenvalue weighted by molar-refractivity contribution is -0.127. The van der Waals surface area contributed by atoms with Crippen LogP contribution in [0.4, 0.5) is 0 Å². The fourth-order valence-electron chi connectivity index (χ4n) is 3.63. The first-order chi connectivity index (χ1) is 16.4. The molecule has 1 aromatic heterocycles. The highest BCUT2D eigenvalue weighted by Gasteiger charge is 2.18. The van der Waals surface area contributed by atoms with Gasteiger partial charge >= 0.3 is 0 Å². The standard InChI is InChI=1S/C26H24ClN3O3S/c1-17-21(27)11-7-13-23(17)30-25(32)20-10-4-5-12-22(20)28-26(30)34-16-24(31)29(2)15-18-8-6-9-19(14-18)33-3/h4-14H,15-16H2,1-3H3. The predicted octanol–water partition coefficient (Wildman–Crippen LogP) is 5.11. The lowest BCUT2D eigenvalue weighted by Gasteiger charge is -2.19. The van der Waals surface area contributed by atoms with Crippen LogP contribution in [-0.2, 0) is 11.3 Å². The maximum atomic E-state index is 13.5. The van der Waals surface area contributed by atoms with E-state index in [4.69, 9.17) is 21.3 Å². The summed E-state index contributed by atoms with van der Waals surface area (Å²) in [6.45, 7) is 2.31. The molecule has 0 atom stereocenters. The number of ether oxygens (including phenoxy) is 1. The van der Waals surface area contributed by atoms with E-state index in [0.717, 1.165) is 16.9 Å². The van der Waals surface area contributed by atoms with Crippen LogP contribution < -0.4 is 10.3 Å². The number of fused-ring (bicyclic) bond motifs is 1. The number of nitrogens with zero attached hydrogens (tertiary/aromatic N) is 3. The Balaban J connectivity index is 1.64. The molecule has 0 fully saturated rings. The molecule has 0 aliphatic carbocycles. The van der Waals surface area contributed by atoms with Crippen molar-refractivity contribution in [3.63, 3.8) is 0 Å². The smallest absolute Gasteiger partial charge is 0.266 e. The topological polar surface area (TPSA) is 64.4 Å². The minimum Gasteiger partial charge on any atom is -0.497 e. The summed E-state index contributed by atoms with van der Waals surface area (Å²) < 4.78 is 6.81. The number of carbonyl (C=O) groups is 1. The van der Waals surface area contributed by atoms with Crippen LogP contribution in [0, 0.1) is 6.92 Å². The molecule has 0 unspecified atom stereocenters. The van der Waals surface area contributed by atoms with Crippen molar-refractivity contribution in [2.45, 2.75) is 18.6 Å². The summed E-state index contributed by atoms with van der Waals surface area (Å²) in [7, 11) is 3.37. The zero-order valence-corrected chi connectivity index (χ0v) is 20.7. The highest BCUT2D eigenvalue weighted by molar-refractivity contribution is 7.99. The Bertz CT molecular complexity index is 1420. The van der Waals surface area contributed by atoms with Crippen LogP contribution in [0.3, 0.4) is 0 Å². The number of halogens is 1. The van der Waals surface area contributed by atoms with Crippen LogP contribution in [0.15, 0.2) is 76.7 Å². The number of amides is 1. The first-order valence-electron chi connectivity index (χ1n) is 10.7. The number of benzene rings is 3. The van der Waals surface area contributed by atoms with E-state index in [-0.39, 0.29) is 17.2 Å². The van der Waals surface area contributed by atoms with E-state index in [1.54, 1.807) is 47.9 Å². The first kappa shape index (κ1) is 23.9. The molecule has 3 aromatic carbocycles. The van der Waals surface area contributed by atoms with Crippen molar-refractivity contribution in [3.05, 3.63) is 93.2 Å². The van der Waals surface area contributed by atoms with Crippen LogP contribution in [0.2, 0.25) is 5.02 Å². The summed E-state index contributed by atoms with van der Waals surface area (Å²) >= 11 is 7.58. The van der Waals surface area contributed by atoms with E-state index in [0.29, 0.717) is 33.3 Å². The molecule has 0 aliphatic rings. The second kappa shape index (κ2) is 10.3. The van der Waals surface area contributed by atoms with E-state index in [1.807, 2.05) is 49.4 Å². The second-order valence-electron chi connectivity index (χ2n) is 7.83. The number of thioether (sulfide) groups is 1. The Kier molecular flexibility index (Phi) is 7.24. The molecule has 34 heavy (non-hydrogen) atoms. The Morgan fingerprint density at radius 2 is 1.88 bits per heavy atom. The molecule has 0 spiro atoms. The Morgan fingerprint density at radius 3 is 2.68 bits per heavy atom. The Labute approximate surface area is 207 Å². The molecule has 0 bridgehead atoms. The highest BCUT2D eigenvalue weighted by Crippen LogP contribution is 2.27. The highest BCUT2D eigenvalue weighted by atomic mass is 35.5. The molecule has 0 saturated heterocycles. The van der Waals surface area contributed by atoms with Crippen molar-refractivity contribution in [2.75, 3.05) is 19.9 Å². The molecule has 6 nitrogen and oxygen atoms in total. The van der Waals surface area contributed by atoms with Gasteiger partial charge in [0.15, 0.2) is 5.16 Å². The van der Waals surface area contributed by atoms with Gasteiger partial charge in [0.25, 0.3) is 5.56 Å². The van der Waals surface area contributed by atoms with Gasteiger partial charge in [-0.2, -0.15) is 0 Å². The van der Waals surface area contributed by atoms with E-state index in [1.165, 1.54) is 11.8 Å². The van der Waals surface area contributed by atoms with Gasteiger partial charge in [-0.05, 0) is 54.4 Å². The number of hydrogen-bond donors (Lipinski definition) is 0. The summed E-state index contributed by atoms with van der Waals surface area (Å²) in [5, 5.41) is 1.51. The van der Waals surface area contributed by atoms with Crippen molar-refractivity contribution >= 4 is 40.2 Å². The summed E-state index contributed by atoms with van der Waals surface area (Å²) in [5.74, 6) is 0.795. The van der Waals surface area contributed by atoms with Gasteiger partial charge in [0, 0.05) is 18.6 Å². The number of rotatable bonds is 7. The Hall–Kier alpha value is -3.29. The average Bonchev–Trinajstić information content (AvgIpc) is 2.85. The molecule has 0 radical (unpaired) electrons. The zero-order chi connectivity index (χ0) is 24.2. The molecule has 174 valence electrons. The van der Waals surface area contributed by atoms with E-state index in [2.05, 4.69) is 0 Å². The third kappa shape index (κ3) is 4.95. The summed E-state index contributed by atoms with van der Waals surface area (Å²) in [5.41, 5.74) is 2.77. The van der Waals surface area contributed by atoms with E-state index >= 15 is 0 Å². The first-order valence-corrected chi connectivity index (χ1v) is 12.0. The molecule has 0 aliphatic heterocycles. The van der Waals surface area contributed by atoms with Crippen LogP contribution in [0.25, 0.3) is 16.6 Å². The lowest BCUT2D eigenvalue weighted by Crippen LogP contribution is -2.28. The second-order valence-corrected chi connectivity index (χ2v) is 9.18. The molecule has 8 heteroatoms. The van der Waals surface area contributed by atoms with Crippen molar-refractivity contribution in [1.29, 1.82) is 0 Å². The van der Waals surface area contributed by atoms with Gasteiger partial charge in [0.2, 0.25) is 5.91 Å². The Morgan fingerprint density at radius 1 is 1.12 bits per heavy atom. The molecule has 4 aromatic rings. The molecule has 4 rings (SSSR count). The monoisotopic (exact) mass is 493 g/mol. The number of aromatic nitrogens is 2. The maximum absolute atomic E-state index is 13.5. The van der Waals surface area contributed by atoms with Gasteiger partial charge < -0.3 is 9.64 Å². The number of methoxy groups -OCH3 is 1. The fourth-order valence-corrected chi connectivity index (χ4v) is 4.75. The minimum absolute atomic E-state index is 0.0791. The van der Waals surface area contributed by atoms with Crippen molar-refractivity contribution < 1.29 is 9.53 Å². The third-order valence-corrected chi connectivity index (χ3v) is 6.86. The zero-order valence-electron chi connectivity index (χ0n) is 19.1. The van der Waals surface area contributed by atoms with Crippen LogP contribution >= 0.6 is 23.4 Å². The maximum Gasteiger partial charge on any atom is 0.266 e. The molecular weight excluding hydrogens is 470 g/mol. The van der Waals surface area contributed by atoms with Crippen molar-refractivity contribution in [1.82, 2.24) is 14.5 Å². The molecule has 0 saturated carbocycles. The summed E-state index contributed by atoms with van der Waals surface area (Å²) in [6.07, 6.45) is 0. The van der Waals surface area contributed by atoms with Gasteiger partial charge in [-0.3, -0.25) is 14.2 Å².